The van der Waals surface area contributed by atoms with Crippen LogP contribution in [0.4, 0.5) is 13.2 Å². The van der Waals surface area contributed by atoms with Crippen LogP contribution in [0, 0.1) is 23.4 Å². The molecular weight excluding hydrogens is 433 g/mol. The van der Waals surface area contributed by atoms with E-state index in [1.54, 1.807) is 36.4 Å². The zero-order chi connectivity index (χ0) is 24.1. The van der Waals surface area contributed by atoms with Crippen LogP contribution in [0.1, 0.15) is 61.6 Å². The molecule has 0 spiro atoms. The van der Waals surface area contributed by atoms with E-state index in [0.29, 0.717) is 41.4 Å². The van der Waals surface area contributed by atoms with Gasteiger partial charge >= 0.3 is 0 Å². The van der Waals surface area contributed by atoms with Gasteiger partial charge in [-0.1, -0.05) is 55.1 Å². The first-order chi connectivity index (χ1) is 16.5. The molecule has 0 saturated heterocycles. The summed E-state index contributed by atoms with van der Waals surface area (Å²) in [7, 11) is 0. The van der Waals surface area contributed by atoms with E-state index in [1.807, 2.05) is 25.1 Å². The first-order valence-corrected chi connectivity index (χ1v) is 12.1. The third-order valence-corrected chi connectivity index (χ3v) is 7.01. The summed E-state index contributed by atoms with van der Waals surface area (Å²) in [5, 5.41) is 0. The molecule has 1 aliphatic rings. The molecule has 0 atom stereocenters. The van der Waals surface area contributed by atoms with Crippen LogP contribution in [0.2, 0.25) is 0 Å². The lowest BCUT2D eigenvalue weighted by atomic mass is 9.76. The lowest BCUT2D eigenvalue weighted by Gasteiger charge is -2.29. The van der Waals surface area contributed by atoms with Crippen LogP contribution in [0.5, 0.6) is 5.75 Å². The molecule has 34 heavy (non-hydrogen) atoms. The molecule has 1 fully saturated rings. The number of rotatable bonds is 8. The SMILES string of the molecule is C=Cc1ccc(-c2ccc(C3CCC(CCc4ccc(OCC)cc4F)CC3)c(F)c2F)cc1. The molecule has 4 heteroatoms. The zero-order valence-electron chi connectivity index (χ0n) is 19.6. The fourth-order valence-electron chi connectivity index (χ4n) is 5.01. The maximum Gasteiger partial charge on any atom is 0.166 e. The van der Waals surface area contributed by atoms with Gasteiger partial charge in [0.05, 0.1) is 6.61 Å². The molecule has 4 rings (SSSR count). The van der Waals surface area contributed by atoms with Gasteiger partial charge in [-0.3, -0.25) is 0 Å². The molecule has 0 heterocycles. The number of halogens is 3. The van der Waals surface area contributed by atoms with Crippen LogP contribution < -0.4 is 4.74 Å². The topological polar surface area (TPSA) is 9.23 Å². The van der Waals surface area contributed by atoms with Crippen molar-refractivity contribution in [2.45, 2.75) is 51.4 Å². The second-order valence-electron chi connectivity index (χ2n) is 9.10. The minimum absolute atomic E-state index is 0.0187. The smallest absolute Gasteiger partial charge is 0.166 e. The second-order valence-corrected chi connectivity index (χ2v) is 9.10. The summed E-state index contributed by atoms with van der Waals surface area (Å²) in [6.45, 7) is 6.10. The van der Waals surface area contributed by atoms with Crippen LogP contribution in [0.3, 0.4) is 0 Å². The molecule has 0 aliphatic heterocycles. The maximum atomic E-state index is 15.0. The van der Waals surface area contributed by atoms with Crippen molar-refractivity contribution >= 4 is 6.08 Å². The first kappa shape index (κ1) is 24.1. The number of aryl methyl sites for hydroxylation is 1. The summed E-state index contributed by atoms with van der Waals surface area (Å²) in [4.78, 5) is 0. The number of benzene rings is 3. The molecule has 0 N–H and O–H groups in total. The Morgan fingerprint density at radius 2 is 1.65 bits per heavy atom. The average Bonchev–Trinajstić information content (AvgIpc) is 2.86. The molecular formula is C30H31F3O. The average molecular weight is 465 g/mol. The van der Waals surface area contributed by atoms with Crippen molar-refractivity contribution in [2.75, 3.05) is 6.61 Å². The summed E-state index contributed by atoms with van der Waals surface area (Å²) in [5.74, 6) is -0.695. The van der Waals surface area contributed by atoms with Crippen molar-refractivity contribution in [1.29, 1.82) is 0 Å². The van der Waals surface area contributed by atoms with Crippen molar-refractivity contribution < 1.29 is 17.9 Å². The van der Waals surface area contributed by atoms with Crippen LogP contribution in [-0.2, 0) is 6.42 Å². The van der Waals surface area contributed by atoms with Gasteiger partial charge in [-0.2, -0.15) is 0 Å². The predicted molar refractivity (Wildman–Crippen MR) is 132 cm³/mol. The minimum atomic E-state index is -0.781. The third kappa shape index (κ3) is 5.38. The minimum Gasteiger partial charge on any atom is -0.494 e. The molecule has 0 amide bonds. The van der Waals surface area contributed by atoms with E-state index >= 15 is 4.39 Å². The van der Waals surface area contributed by atoms with E-state index in [9.17, 15) is 8.78 Å². The Hall–Kier alpha value is -3.01. The lowest BCUT2D eigenvalue weighted by molar-refractivity contribution is 0.304. The van der Waals surface area contributed by atoms with E-state index in [-0.39, 0.29) is 17.3 Å². The Kier molecular flexibility index (Phi) is 7.77. The molecule has 3 aromatic rings. The fourth-order valence-corrected chi connectivity index (χ4v) is 5.01. The van der Waals surface area contributed by atoms with E-state index < -0.39 is 11.6 Å². The lowest BCUT2D eigenvalue weighted by Crippen LogP contribution is -2.15. The largest absolute Gasteiger partial charge is 0.494 e. The molecule has 1 nitrogen and oxygen atoms in total. The molecule has 178 valence electrons. The van der Waals surface area contributed by atoms with Gasteiger partial charge in [0.25, 0.3) is 0 Å². The van der Waals surface area contributed by atoms with Gasteiger partial charge < -0.3 is 4.74 Å². The van der Waals surface area contributed by atoms with Gasteiger partial charge in [0.1, 0.15) is 11.6 Å². The Bertz CT molecular complexity index is 1130. The van der Waals surface area contributed by atoms with Crippen LogP contribution >= 0.6 is 0 Å². The van der Waals surface area contributed by atoms with Gasteiger partial charge in [0.15, 0.2) is 11.6 Å². The molecule has 1 aliphatic carbocycles. The normalized spacial score (nSPS) is 18.0. The zero-order valence-corrected chi connectivity index (χ0v) is 19.6. The molecule has 0 bridgehead atoms. The van der Waals surface area contributed by atoms with Gasteiger partial charge in [0, 0.05) is 11.6 Å². The second kappa shape index (κ2) is 10.9. The molecule has 0 unspecified atom stereocenters. The van der Waals surface area contributed by atoms with E-state index in [1.165, 1.54) is 6.07 Å². The molecule has 1 saturated carbocycles. The van der Waals surface area contributed by atoms with Crippen LogP contribution in [0.25, 0.3) is 17.2 Å². The highest BCUT2D eigenvalue weighted by Crippen LogP contribution is 2.40. The van der Waals surface area contributed by atoms with Crippen molar-refractivity contribution in [3.8, 4) is 16.9 Å². The standard InChI is InChI=1S/C30H31F3O/c1-3-20-5-10-22(11-6-20)26-17-18-27(30(33)29(26)32)23-12-7-21(8-13-23)9-14-24-15-16-25(34-4-2)19-28(24)31/h3,5-6,10-11,15-19,21,23H,1,4,7-9,12-14H2,2H3. The summed E-state index contributed by atoms with van der Waals surface area (Å²) in [6, 6.07) is 15.8. The maximum absolute atomic E-state index is 15.0. The Balaban J connectivity index is 1.36. The highest BCUT2D eigenvalue weighted by atomic mass is 19.2. The number of ether oxygens (including phenoxy) is 1. The highest BCUT2D eigenvalue weighted by molar-refractivity contribution is 5.66. The van der Waals surface area contributed by atoms with Gasteiger partial charge in [-0.15, -0.1) is 0 Å². The summed E-state index contributed by atoms with van der Waals surface area (Å²) < 4.78 is 49.7. The Morgan fingerprint density at radius 1 is 0.912 bits per heavy atom. The molecule has 0 radical (unpaired) electrons. The van der Waals surface area contributed by atoms with Gasteiger partial charge in [0.2, 0.25) is 0 Å². The number of hydrogen-bond donors (Lipinski definition) is 0. The Labute approximate surface area is 200 Å². The van der Waals surface area contributed by atoms with Crippen LogP contribution in [-0.4, -0.2) is 6.61 Å². The van der Waals surface area contributed by atoms with E-state index in [0.717, 1.165) is 37.7 Å². The summed E-state index contributed by atoms with van der Waals surface area (Å²) in [5.41, 5.74) is 3.04. The van der Waals surface area contributed by atoms with Crippen molar-refractivity contribution in [2.24, 2.45) is 5.92 Å². The predicted octanol–water partition coefficient (Wildman–Crippen LogP) is 8.72. The molecule has 3 aromatic carbocycles. The quantitative estimate of drug-likeness (QED) is 0.324. The van der Waals surface area contributed by atoms with E-state index in [2.05, 4.69) is 6.58 Å². The fraction of sp³-hybridized carbons (Fsp3) is 0.333. The summed E-state index contributed by atoms with van der Waals surface area (Å²) >= 11 is 0. The van der Waals surface area contributed by atoms with Gasteiger partial charge in [-0.05, 0) is 85.6 Å². The van der Waals surface area contributed by atoms with E-state index in [4.69, 9.17) is 4.74 Å². The van der Waals surface area contributed by atoms with Crippen LogP contribution in [0.15, 0.2) is 61.2 Å². The number of hydrogen-bond acceptors (Lipinski definition) is 1. The monoisotopic (exact) mass is 464 g/mol. The van der Waals surface area contributed by atoms with Gasteiger partial charge in [-0.25, -0.2) is 13.2 Å². The molecule has 0 aromatic heterocycles. The van der Waals surface area contributed by atoms with Crippen molar-refractivity contribution in [3.05, 3.63) is 95.3 Å². The van der Waals surface area contributed by atoms with Crippen molar-refractivity contribution in [1.82, 2.24) is 0 Å². The van der Waals surface area contributed by atoms with Crippen molar-refractivity contribution in [3.63, 3.8) is 0 Å². The third-order valence-electron chi connectivity index (χ3n) is 7.01. The first-order valence-electron chi connectivity index (χ1n) is 12.1. The highest BCUT2D eigenvalue weighted by Gasteiger charge is 2.26. The Morgan fingerprint density at radius 3 is 2.29 bits per heavy atom. The summed E-state index contributed by atoms with van der Waals surface area (Å²) in [6.07, 6.45) is 6.81.